The number of para-hydroxylation sites is 1. The quantitative estimate of drug-likeness (QED) is 0.192. The molecule has 1 unspecified atom stereocenters. The minimum Gasteiger partial charge on any atom is -0.491 e. The summed E-state index contributed by atoms with van der Waals surface area (Å²) in [6.45, 7) is 1.56. The highest BCUT2D eigenvalue weighted by molar-refractivity contribution is 5.88. The van der Waals surface area contributed by atoms with Crippen LogP contribution in [0.1, 0.15) is 42.4 Å². The lowest BCUT2D eigenvalue weighted by atomic mass is 9.92. The van der Waals surface area contributed by atoms with Gasteiger partial charge >= 0.3 is 0 Å². The van der Waals surface area contributed by atoms with Gasteiger partial charge in [-0.1, -0.05) is 31.2 Å². The van der Waals surface area contributed by atoms with Gasteiger partial charge in [-0.3, -0.25) is 4.98 Å². The fourth-order valence-corrected chi connectivity index (χ4v) is 4.91. The van der Waals surface area contributed by atoms with Crippen LogP contribution in [0.2, 0.25) is 0 Å². The Balaban J connectivity index is 1.51. The molecule has 0 fully saturated rings. The van der Waals surface area contributed by atoms with E-state index in [1.165, 1.54) is 31.6 Å². The largest absolute Gasteiger partial charge is 0.491 e. The van der Waals surface area contributed by atoms with Gasteiger partial charge in [-0.15, -0.1) is 0 Å². The second-order valence-electron chi connectivity index (χ2n) is 9.64. The molecule has 12 heteroatoms. The molecule has 0 spiro atoms. The summed E-state index contributed by atoms with van der Waals surface area (Å²) in [5, 5.41) is 12.0. The van der Waals surface area contributed by atoms with Gasteiger partial charge in [0.2, 0.25) is 0 Å². The molecule has 1 aliphatic rings. The van der Waals surface area contributed by atoms with Crippen LogP contribution in [0, 0.1) is 11.6 Å². The van der Waals surface area contributed by atoms with Gasteiger partial charge in [0.1, 0.15) is 29.7 Å². The van der Waals surface area contributed by atoms with Crippen molar-refractivity contribution < 1.29 is 32.1 Å². The van der Waals surface area contributed by atoms with E-state index in [-0.39, 0.29) is 48.6 Å². The molecule has 2 aromatic carbocycles. The number of anilines is 3. The van der Waals surface area contributed by atoms with Gasteiger partial charge in [0.25, 0.3) is 6.43 Å². The number of ether oxygens (including phenoxy) is 2. The highest BCUT2D eigenvalue weighted by Gasteiger charge is 2.29. The zero-order valence-electron chi connectivity index (χ0n) is 23.4. The number of alkyl halides is 2. The molecule has 4 aromatic rings. The molecule has 1 aliphatic heterocycles. The zero-order chi connectivity index (χ0) is 30.5. The summed E-state index contributed by atoms with van der Waals surface area (Å²) in [6.07, 6.45) is 2.58. The molecule has 0 amide bonds. The summed E-state index contributed by atoms with van der Waals surface area (Å²) in [5.41, 5.74) is 2.02. The smallest absolute Gasteiger partial charge is 0.280 e. The van der Waals surface area contributed by atoms with E-state index in [2.05, 4.69) is 20.3 Å². The van der Waals surface area contributed by atoms with E-state index in [0.29, 0.717) is 29.3 Å². The van der Waals surface area contributed by atoms with Crippen LogP contribution < -0.4 is 19.7 Å². The number of fused-ring (bicyclic) bond motifs is 1. The van der Waals surface area contributed by atoms with Crippen molar-refractivity contribution in [2.45, 2.75) is 32.4 Å². The molecule has 3 heterocycles. The fraction of sp³-hybridized carbons (Fsp3) is 0.258. The number of aromatic nitrogens is 3. The summed E-state index contributed by atoms with van der Waals surface area (Å²) < 4.78 is 67.2. The lowest BCUT2D eigenvalue weighted by molar-refractivity contribution is 0.146. The first-order valence-electron chi connectivity index (χ1n) is 13.5. The lowest BCUT2D eigenvalue weighted by Gasteiger charge is -2.37. The van der Waals surface area contributed by atoms with Crippen molar-refractivity contribution in [3.05, 3.63) is 101 Å². The normalized spacial score (nSPS) is 14.4. The van der Waals surface area contributed by atoms with Crippen molar-refractivity contribution in [2.24, 2.45) is 0 Å². The number of aliphatic hydroxyl groups is 1. The van der Waals surface area contributed by atoms with Gasteiger partial charge in [0, 0.05) is 59.0 Å². The van der Waals surface area contributed by atoms with Crippen LogP contribution in [0.15, 0.2) is 67.0 Å². The van der Waals surface area contributed by atoms with Crippen molar-refractivity contribution in [3.8, 4) is 11.5 Å². The third kappa shape index (κ3) is 6.38. The average molecular weight is 596 g/mol. The number of aliphatic hydroxyl groups excluding tert-OH is 1. The van der Waals surface area contributed by atoms with E-state index in [0.717, 1.165) is 23.4 Å². The third-order valence-corrected chi connectivity index (χ3v) is 6.97. The molecule has 0 bridgehead atoms. The molecule has 0 saturated heterocycles. The van der Waals surface area contributed by atoms with Gasteiger partial charge in [-0.25, -0.2) is 27.5 Å². The summed E-state index contributed by atoms with van der Waals surface area (Å²) in [7, 11) is 1.45. The highest BCUT2D eigenvalue weighted by atomic mass is 19.3. The van der Waals surface area contributed by atoms with Crippen molar-refractivity contribution in [1.82, 2.24) is 15.0 Å². The first kappa shape index (κ1) is 29.8. The number of nitrogens with one attached hydrogen (secondary N) is 1. The van der Waals surface area contributed by atoms with Crippen LogP contribution in [0.3, 0.4) is 0 Å². The monoisotopic (exact) mass is 595 g/mol. The minimum atomic E-state index is -2.73. The van der Waals surface area contributed by atoms with Gasteiger partial charge in [-0.2, -0.15) is 0 Å². The van der Waals surface area contributed by atoms with Gasteiger partial charge in [0.15, 0.2) is 17.4 Å². The molecule has 43 heavy (non-hydrogen) atoms. The number of rotatable bonds is 11. The minimum absolute atomic E-state index is 0.000619. The van der Waals surface area contributed by atoms with E-state index < -0.39 is 18.1 Å². The molecular formula is C31H29F4N5O3. The van der Waals surface area contributed by atoms with Crippen molar-refractivity contribution >= 4 is 22.8 Å². The Kier molecular flexibility index (Phi) is 9.05. The molecule has 0 radical (unpaired) electrons. The molecule has 0 aliphatic carbocycles. The second kappa shape index (κ2) is 13.1. The SMILES string of the molecule is CCC1C=C(c2ncc(OC)c(Nc3ccnc(C(F)F)c3)n2)c2ccccc2N1Cc1c(F)cc(OCCO)cc1F. The Morgan fingerprint density at radius 1 is 1.07 bits per heavy atom. The predicted octanol–water partition coefficient (Wildman–Crippen LogP) is 6.44. The van der Waals surface area contributed by atoms with Crippen LogP contribution in [0.25, 0.3) is 5.57 Å². The van der Waals surface area contributed by atoms with Crippen molar-refractivity contribution in [2.75, 3.05) is 30.5 Å². The number of nitrogens with zero attached hydrogens (tertiary/aromatic N) is 4. The Morgan fingerprint density at radius 2 is 1.84 bits per heavy atom. The van der Waals surface area contributed by atoms with Crippen LogP contribution >= 0.6 is 0 Å². The Bertz CT molecular complexity index is 1610. The molecule has 2 aromatic heterocycles. The Hall–Kier alpha value is -4.71. The summed E-state index contributed by atoms with van der Waals surface area (Å²) in [4.78, 5) is 14.8. The van der Waals surface area contributed by atoms with Gasteiger partial charge in [-0.05, 0) is 24.6 Å². The van der Waals surface area contributed by atoms with Crippen LogP contribution in [0.4, 0.5) is 34.8 Å². The number of benzene rings is 2. The average Bonchev–Trinajstić information content (AvgIpc) is 3.01. The maximum atomic E-state index is 15.1. The molecule has 8 nitrogen and oxygen atoms in total. The van der Waals surface area contributed by atoms with Crippen molar-refractivity contribution in [1.29, 1.82) is 0 Å². The number of halogens is 4. The van der Waals surface area contributed by atoms with Gasteiger partial charge in [0.05, 0.1) is 19.9 Å². The molecule has 224 valence electrons. The van der Waals surface area contributed by atoms with Crippen LogP contribution in [-0.4, -0.2) is 46.4 Å². The van der Waals surface area contributed by atoms with E-state index >= 15 is 8.78 Å². The summed E-state index contributed by atoms with van der Waals surface area (Å²) in [5.74, 6) is -0.597. The molecular weight excluding hydrogens is 566 g/mol. The van der Waals surface area contributed by atoms with Crippen LogP contribution in [-0.2, 0) is 6.54 Å². The van der Waals surface area contributed by atoms with E-state index in [1.807, 2.05) is 42.2 Å². The van der Waals surface area contributed by atoms with E-state index in [9.17, 15) is 8.78 Å². The lowest BCUT2D eigenvalue weighted by Crippen LogP contribution is -2.37. The Morgan fingerprint density at radius 3 is 2.53 bits per heavy atom. The number of hydrogen-bond acceptors (Lipinski definition) is 8. The maximum absolute atomic E-state index is 15.1. The highest BCUT2D eigenvalue weighted by Crippen LogP contribution is 2.40. The maximum Gasteiger partial charge on any atom is 0.280 e. The second-order valence-corrected chi connectivity index (χ2v) is 9.64. The molecule has 2 N–H and O–H groups in total. The molecule has 0 saturated carbocycles. The van der Waals surface area contributed by atoms with Gasteiger partial charge < -0.3 is 24.8 Å². The van der Waals surface area contributed by atoms with Crippen LogP contribution in [0.5, 0.6) is 11.5 Å². The first-order valence-corrected chi connectivity index (χ1v) is 13.5. The van der Waals surface area contributed by atoms with E-state index in [1.54, 1.807) is 0 Å². The van der Waals surface area contributed by atoms with E-state index in [4.69, 9.17) is 14.6 Å². The summed E-state index contributed by atoms with van der Waals surface area (Å²) in [6, 6.07) is 12.1. The molecule has 5 rings (SSSR count). The fourth-order valence-electron chi connectivity index (χ4n) is 4.91. The zero-order valence-corrected chi connectivity index (χ0v) is 23.4. The number of methoxy groups -OCH3 is 1. The Labute approximate surface area is 245 Å². The number of hydrogen-bond donors (Lipinski definition) is 2. The molecule has 1 atom stereocenters. The number of pyridine rings is 1. The first-order chi connectivity index (χ1) is 20.8. The summed E-state index contributed by atoms with van der Waals surface area (Å²) >= 11 is 0. The third-order valence-electron chi connectivity index (χ3n) is 6.97. The topological polar surface area (TPSA) is 92.6 Å². The standard InChI is InChI=1S/C31H29F4N5O3/c1-3-19-13-22(30-37-16-28(42-2)31(39-30)38-18-8-9-36-26(12-18)29(34)35)21-6-4-5-7-27(21)40(19)17-23-24(32)14-20(15-25(23)33)43-11-10-41/h4-9,12-16,19,29,41H,3,10-11,17H2,1-2H3,(H,36,37,38,39). The predicted molar refractivity (Wildman–Crippen MR) is 154 cm³/mol. The van der Waals surface area contributed by atoms with Crippen molar-refractivity contribution in [3.63, 3.8) is 0 Å².